The molecule has 2 heterocycles. The number of carbonyl (C=O) groups excluding carboxylic acids is 2. The zero-order chi connectivity index (χ0) is 16.6. The number of aliphatic imine (C=N–C) groups is 1. The zero-order valence-electron chi connectivity index (χ0n) is 13.0. The normalized spacial score (nSPS) is 23.5. The van der Waals surface area contributed by atoms with Crippen molar-refractivity contribution in [2.75, 3.05) is 13.6 Å². The predicted molar refractivity (Wildman–Crippen MR) is 90.1 cm³/mol. The van der Waals surface area contributed by atoms with E-state index in [1.165, 1.54) is 16.7 Å². The molecule has 1 saturated heterocycles. The Morgan fingerprint density at radius 2 is 2.04 bits per heavy atom. The molecule has 0 aromatic heterocycles. The minimum atomic E-state index is -0.513. The van der Waals surface area contributed by atoms with E-state index >= 15 is 0 Å². The first kappa shape index (κ1) is 15.6. The second-order valence-electron chi connectivity index (χ2n) is 5.68. The largest absolute Gasteiger partial charge is 0.331 e. The minimum Gasteiger partial charge on any atom is -0.331 e. The molecule has 0 radical (unpaired) electrons. The van der Waals surface area contributed by atoms with Crippen LogP contribution in [0.4, 0.5) is 4.79 Å². The Morgan fingerprint density at radius 3 is 2.70 bits per heavy atom. The minimum absolute atomic E-state index is 0.313. The van der Waals surface area contributed by atoms with E-state index in [0.717, 1.165) is 15.6 Å². The molecule has 1 N–H and O–H groups in total. The number of hydrogen-bond acceptors (Lipinski definition) is 5. The van der Waals surface area contributed by atoms with Gasteiger partial charge in [-0.3, -0.25) is 10.1 Å². The van der Waals surface area contributed by atoms with Crippen LogP contribution in [0.15, 0.2) is 52.4 Å². The molecule has 120 valence electrons. The van der Waals surface area contributed by atoms with Gasteiger partial charge in [-0.25, -0.2) is 9.79 Å². The van der Waals surface area contributed by atoms with Gasteiger partial charge in [0.2, 0.25) is 0 Å². The van der Waals surface area contributed by atoms with Crippen molar-refractivity contribution in [2.24, 2.45) is 4.99 Å². The van der Waals surface area contributed by atoms with E-state index in [0.29, 0.717) is 6.54 Å². The van der Waals surface area contributed by atoms with Crippen LogP contribution in [0.2, 0.25) is 0 Å². The summed E-state index contributed by atoms with van der Waals surface area (Å²) in [5, 5.41) is 3.11. The van der Waals surface area contributed by atoms with Gasteiger partial charge in [-0.15, -0.1) is 0 Å². The van der Waals surface area contributed by atoms with Gasteiger partial charge in [0.05, 0.1) is 0 Å². The number of thioether (sulfide) groups is 1. The van der Waals surface area contributed by atoms with Gasteiger partial charge < -0.3 is 9.80 Å². The number of nitrogens with one attached hydrogen (secondary N) is 1. The van der Waals surface area contributed by atoms with E-state index in [9.17, 15) is 9.59 Å². The van der Waals surface area contributed by atoms with Crippen LogP contribution in [-0.4, -0.2) is 52.7 Å². The molecule has 2 unspecified atom stereocenters. The summed E-state index contributed by atoms with van der Waals surface area (Å²) in [6, 6.07) is 8.91. The van der Waals surface area contributed by atoms with Crippen molar-refractivity contribution in [1.82, 2.24) is 15.1 Å². The molecular formula is C16H18N4O2S. The molecule has 0 aliphatic carbocycles. The molecule has 1 aromatic carbocycles. The molecule has 1 aromatic rings. The number of imide groups is 1. The fourth-order valence-electron chi connectivity index (χ4n) is 2.64. The third-order valence-electron chi connectivity index (χ3n) is 3.72. The molecule has 0 saturated carbocycles. The van der Waals surface area contributed by atoms with Crippen LogP contribution < -0.4 is 5.32 Å². The smallest absolute Gasteiger partial charge is 0.325 e. The quantitative estimate of drug-likeness (QED) is 0.860. The van der Waals surface area contributed by atoms with Gasteiger partial charge in [-0.1, -0.05) is 42.1 Å². The highest BCUT2D eigenvalue weighted by molar-refractivity contribution is 8.13. The maximum atomic E-state index is 12.3. The van der Waals surface area contributed by atoms with Crippen molar-refractivity contribution in [2.45, 2.75) is 24.0 Å². The van der Waals surface area contributed by atoms with Crippen molar-refractivity contribution in [3.63, 3.8) is 0 Å². The molecule has 2 aliphatic rings. The van der Waals surface area contributed by atoms with Crippen LogP contribution in [0.1, 0.15) is 6.92 Å². The molecule has 3 rings (SSSR count). The Bertz CT molecular complexity index is 689. The van der Waals surface area contributed by atoms with Gasteiger partial charge in [0.15, 0.2) is 17.4 Å². The lowest BCUT2D eigenvalue weighted by Crippen LogP contribution is -2.63. The molecule has 6 nitrogen and oxygen atoms in total. The lowest BCUT2D eigenvalue weighted by atomic mass is 10.1. The molecule has 1 fully saturated rings. The predicted octanol–water partition coefficient (Wildman–Crippen LogP) is 1.90. The Hall–Kier alpha value is -2.28. The highest BCUT2D eigenvalue weighted by Crippen LogP contribution is 2.32. The molecular weight excluding hydrogens is 312 g/mol. The topological polar surface area (TPSA) is 65.0 Å². The number of fused-ring (bicyclic) bond motifs is 1. The Kier molecular flexibility index (Phi) is 4.12. The molecule has 0 spiro atoms. The van der Waals surface area contributed by atoms with Gasteiger partial charge in [0.25, 0.3) is 5.91 Å². The summed E-state index contributed by atoms with van der Waals surface area (Å²) in [5.41, 5.74) is 0.930. The highest BCUT2D eigenvalue weighted by atomic mass is 32.2. The SMILES string of the molecule is C=C(C)CN1C(Sc2ccccc2)=NC2C1C(=O)NC(=O)N2C. The van der Waals surface area contributed by atoms with Crippen LogP contribution in [0.5, 0.6) is 0 Å². The van der Waals surface area contributed by atoms with Crippen molar-refractivity contribution >= 4 is 28.9 Å². The van der Waals surface area contributed by atoms with E-state index in [-0.39, 0.29) is 5.91 Å². The van der Waals surface area contributed by atoms with Gasteiger partial charge in [0, 0.05) is 18.5 Å². The van der Waals surface area contributed by atoms with Gasteiger partial charge in [0.1, 0.15) is 0 Å². The lowest BCUT2D eigenvalue weighted by Gasteiger charge is -2.36. The van der Waals surface area contributed by atoms with Gasteiger partial charge in [-0.05, 0) is 19.1 Å². The van der Waals surface area contributed by atoms with Crippen LogP contribution in [0, 0.1) is 0 Å². The molecule has 3 amide bonds. The Labute approximate surface area is 139 Å². The maximum absolute atomic E-state index is 12.3. The van der Waals surface area contributed by atoms with Gasteiger partial charge >= 0.3 is 6.03 Å². The van der Waals surface area contributed by atoms with Crippen molar-refractivity contribution in [3.8, 4) is 0 Å². The van der Waals surface area contributed by atoms with Crippen LogP contribution in [0.25, 0.3) is 0 Å². The van der Waals surface area contributed by atoms with E-state index in [1.807, 2.05) is 42.2 Å². The number of hydrogen-bond donors (Lipinski definition) is 1. The number of nitrogens with zero attached hydrogens (tertiary/aromatic N) is 3. The Balaban J connectivity index is 1.93. The van der Waals surface area contributed by atoms with Crippen LogP contribution in [-0.2, 0) is 4.79 Å². The molecule has 2 atom stereocenters. The summed E-state index contributed by atoms with van der Waals surface area (Å²) < 4.78 is 0. The number of urea groups is 1. The summed E-state index contributed by atoms with van der Waals surface area (Å²) in [6.45, 7) is 6.37. The van der Waals surface area contributed by atoms with E-state index in [1.54, 1.807) is 7.05 Å². The lowest BCUT2D eigenvalue weighted by molar-refractivity contribution is -0.126. The summed E-state index contributed by atoms with van der Waals surface area (Å²) in [6.07, 6.45) is -0.498. The third kappa shape index (κ3) is 2.96. The summed E-state index contributed by atoms with van der Waals surface area (Å²) in [7, 11) is 1.65. The zero-order valence-corrected chi connectivity index (χ0v) is 13.8. The van der Waals surface area contributed by atoms with Gasteiger partial charge in [-0.2, -0.15) is 0 Å². The van der Waals surface area contributed by atoms with E-state index in [4.69, 9.17) is 0 Å². The maximum Gasteiger partial charge on any atom is 0.325 e. The average molecular weight is 330 g/mol. The summed E-state index contributed by atoms with van der Waals surface area (Å²) in [4.78, 5) is 33.2. The number of likely N-dealkylation sites (N-methyl/N-ethyl adjacent to an activating group) is 1. The third-order valence-corrected chi connectivity index (χ3v) is 4.75. The molecule has 0 bridgehead atoms. The second-order valence-corrected chi connectivity index (χ2v) is 6.72. The highest BCUT2D eigenvalue weighted by Gasteiger charge is 2.48. The number of benzene rings is 1. The van der Waals surface area contributed by atoms with Crippen molar-refractivity contribution in [1.29, 1.82) is 0 Å². The number of rotatable bonds is 3. The summed E-state index contributed by atoms with van der Waals surface area (Å²) in [5.74, 6) is -0.313. The fourth-order valence-corrected chi connectivity index (χ4v) is 3.60. The molecule has 7 heteroatoms. The standard InChI is InChI=1S/C16H18N4O2S/c1-10(2)9-20-12-13(19(3)15(22)18-14(12)21)17-16(20)23-11-7-5-4-6-8-11/h4-8,12-13H,1,9H2,2-3H3,(H,18,21,22). The average Bonchev–Trinajstić information content (AvgIpc) is 2.84. The van der Waals surface area contributed by atoms with Crippen molar-refractivity contribution < 1.29 is 9.59 Å². The van der Waals surface area contributed by atoms with E-state index in [2.05, 4.69) is 16.9 Å². The first-order valence-corrected chi connectivity index (χ1v) is 8.08. The first-order chi connectivity index (χ1) is 11.0. The number of carbonyl (C=O) groups is 2. The second kappa shape index (κ2) is 6.08. The fraction of sp³-hybridized carbons (Fsp3) is 0.312. The first-order valence-electron chi connectivity index (χ1n) is 7.27. The Morgan fingerprint density at radius 1 is 1.35 bits per heavy atom. The van der Waals surface area contributed by atoms with Crippen LogP contribution >= 0.6 is 11.8 Å². The van der Waals surface area contributed by atoms with Crippen molar-refractivity contribution in [3.05, 3.63) is 42.5 Å². The number of amides is 3. The van der Waals surface area contributed by atoms with Crippen LogP contribution in [0.3, 0.4) is 0 Å². The summed E-state index contributed by atoms with van der Waals surface area (Å²) >= 11 is 1.49. The van der Waals surface area contributed by atoms with E-state index < -0.39 is 18.2 Å². The molecule has 23 heavy (non-hydrogen) atoms. The monoisotopic (exact) mass is 330 g/mol. The molecule has 2 aliphatic heterocycles. The number of amidine groups is 1.